The molecule has 0 spiro atoms. The van der Waals surface area contributed by atoms with Gasteiger partial charge in [-0.05, 0) is 39.2 Å². The van der Waals surface area contributed by atoms with Crippen molar-refractivity contribution in [2.24, 2.45) is 5.92 Å². The van der Waals surface area contributed by atoms with Gasteiger partial charge in [0.2, 0.25) is 0 Å². The number of hydrogen-bond donors (Lipinski definition) is 1. The number of rotatable bonds is 8. The van der Waals surface area contributed by atoms with E-state index in [1.165, 1.54) is 0 Å². The summed E-state index contributed by atoms with van der Waals surface area (Å²) in [4.78, 5) is 12.3. The van der Waals surface area contributed by atoms with E-state index in [1.807, 2.05) is 6.92 Å². The van der Waals surface area contributed by atoms with Crippen LogP contribution in [0.4, 0.5) is 0 Å². The van der Waals surface area contributed by atoms with Crippen molar-refractivity contribution in [3.8, 4) is 0 Å². The summed E-state index contributed by atoms with van der Waals surface area (Å²) < 4.78 is 16.7. The van der Waals surface area contributed by atoms with Crippen LogP contribution in [0.5, 0.6) is 0 Å². The Balaban J connectivity index is 1.85. The Morgan fingerprint density at radius 3 is 2.90 bits per heavy atom. The molecule has 2 aliphatic rings. The van der Waals surface area contributed by atoms with Gasteiger partial charge in [-0.1, -0.05) is 6.92 Å². The van der Waals surface area contributed by atoms with Crippen LogP contribution in [0, 0.1) is 5.92 Å². The van der Waals surface area contributed by atoms with Crippen molar-refractivity contribution in [2.45, 2.75) is 57.6 Å². The fraction of sp³-hybridized carbons (Fsp3) is 0.938. The second kappa shape index (κ2) is 8.11. The van der Waals surface area contributed by atoms with Crippen molar-refractivity contribution in [1.29, 1.82) is 0 Å². The third-order valence-electron chi connectivity index (χ3n) is 4.44. The molecule has 0 bridgehead atoms. The SMILES string of the molecule is CCCNC1(C(=O)OCC)CCC(OCC2CCOC2)C1. The molecule has 1 aliphatic carbocycles. The van der Waals surface area contributed by atoms with Gasteiger partial charge in [0.15, 0.2) is 0 Å². The largest absolute Gasteiger partial charge is 0.465 e. The quantitative estimate of drug-likeness (QED) is 0.694. The summed E-state index contributed by atoms with van der Waals surface area (Å²) in [5.41, 5.74) is -0.539. The van der Waals surface area contributed by atoms with Crippen molar-refractivity contribution in [2.75, 3.05) is 33.0 Å². The van der Waals surface area contributed by atoms with E-state index in [4.69, 9.17) is 14.2 Å². The molecule has 2 fully saturated rings. The number of carbonyl (C=O) groups is 1. The molecular formula is C16H29NO4. The van der Waals surface area contributed by atoms with Gasteiger partial charge < -0.3 is 19.5 Å². The summed E-state index contributed by atoms with van der Waals surface area (Å²) in [5.74, 6) is 0.403. The fourth-order valence-electron chi connectivity index (χ4n) is 3.18. The van der Waals surface area contributed by atoms with Crippen LogP contribution < -0.4 is 5.32 Å². The summed E-state index contributed by atoms with van der Waals surface area (Å²) in [6, 6.07) is 0. The highest BCUT2D eigenvalue weighted by Crippen LogP contribution is 2.34. The van der Waals surface area contributed by atoms with E-state index >= 15 is 0 Å². The third-order valence-corrected chi connectivity index (χ3v) is 4.44. The molecule has 3 unspecified atom stereocenters. The molecule has 0 amide bonds. The number of ether oxygens (including phenoxy) is 3. The first-order valence-electron chi connectivity index (χ1n) is 8.31. The van der Waals surface area contributed by atoms with Gasteiger partial charge >= 0.3 is 5.97 Å². The third kappa shape index (κ3) is 4.41. The lowest BCUT2D eigenvalue weighted by molar-refractivity contribution is -0.151. The number of hydrogen-bond acceptors (Lipinski definition) is 5. The van der Waals surface area contributed by atoms with Crippen LogP contribution in [0.2, 0.25) is 0 Å². The van der Waals surface area contributed by atoms with Gasteiger partial charge in [0.25, 0.3) is 0 Å². The van der Waals surface area contributed by atoms with Gasteiger partial charge in [-0.25, -0.2) is 0 Å². The zero-order valence-corrected chi connectivity index (χ0v) is 13.4. The van der Waals surface area contributed by atoms with Crippen molar-refractivity contribution < 1.29 is 19.0 Å². The van der Waals surface area contributed by atoms with Crippen LogP contribution in [0.3, 0.4) is 0 Å². The van der Waals surface area contributed by atoms with Crippen LogP contribution >= 0.6 is 0 Å². The van der Waals surface area contributed by atoms with Crippen LogP contribution in [-0.4, -0.2) is 50.6 Å². The number of carbonyl (C=O) groups excluding carboxylic acids is 1. The zero-order chi connectivity index (χ0) is 15.1. The van der Waals surface area contributed by atoms with Crippen molar-refractivity contribution in [3.05, 3.63) is 0 Å². The number of esters is 1. The van der Waals surface area contributed by atoms with E-state index in [0.717, 1.165) is 58.5 Å². The summed E-state index contributed by atoms with van der Waals surface area (Å²) in [7, 11) is 0. The van der Waals surface area contributed by atoms with Gasteiger partial charge in [0.05, 0.1) is 25.9 Å². The molecule has 21 heavy (non-hydrogen) atoms. The predicted octanol–water partition coefficient (Wildman–Crippen LogP) is 1.89. The Morgan fingerprint density at radius 2 is 2.24 bits per heavy atom. The Labute approximate surface area is 127 Å². The molecule has 0 aromatic heterocycles. The topological polar surface area (TPSA) is 56.8 Å². The van der Waals surface area contributed by atoms with Gasteiger partial charge in [0, 0.05) is 18.9 Å². The van der Waals surface area contributed by atoms with E-state index in [1.54, 1.807) is 0 Å². The second-order valence-electron chi connectivity index (χ2n) is 6.16. The lowest BCUT2D eigenvalue weighted by Gasteiger charge is -2.28. The van der Waals surface area contributed by atoms with Crippen LogP contribution in [0.15, 0.2) is 0 Å². The zero-order valence-electron chi connectivity index (χ0n) is 13.4. The molecule has 0 aromatic rings. The molecular weight excluding hydrogens is 270 g/mol. The summed E-state index contributed by atoms with van der Waals surface area (Å²) in [6.45, 7) is 7.63. The van der Waals surface area contributed by atoms with E-state index < -0.39 is 5.54 Å². The molecule has 122 valence electrons. The summed E-state index contributed by atoms with van der Waals surface area (Å²) >= 11 is 0. The Bertz CT molecular complexity index is 330. The fourth-order valence-corrected chi connectivity index (χ4v) is 3.18. The van der Waals surface area contributed by atoms with E-state index in [-0.39, 0.29) is 12.1 Å². The molecule has 5 nitrogen and oxygen atoms in total. The lowest BCUT2D eigenvalue weighted by Crippen LogP contribution is -2.51. The minimum Gasteiger partial charge on any atom is -0.465 e. The molecule has 1 heterocycles. The first kappa shape index (κ1) is 16.7. The average Bonchev–Trinajstić information content (AvgIpc) is 3.13. The van der Waals surface area contributed by atoms with Crippen molar-refractivity contribution in [1.82, 2.24) is 5.32 Å². The molecule has 1 saturated carbocycles. The maximum atomic E-state index is 12.3. The predicted molar refractivity (Wildman–Crippen MR) is 80.2 cm³/mol. The molecule has 2 rings (SSSR count). The molecule has 5 heteroatoms. The highest BCUT2D eigenvalue weighted by atomic mass is 16.5. The average molecular weight is 299 g/mol. The minimum atomic E-state index is -0.539. The molecule has 1 N–H and O–H groups in total. The number of nitrogens with one attached hydrogen (secondary N) is 1. The standard InChI is InChI=1S/C16H29NO4/c1-3-8-17-16(15(18)20-4-2)7-5-14(10-16)21-12-13-6-9-19-11-13/h13-14,17H,3-12H2,1-2H3. The van der Waals surface area contributed by atoms with Crippen molar-refractivity contribution in [3.63, 3.8) is 0 Å². The highest BCUT2D eigenvalue weighted by Gasteiger charge is 2.46. The Morgan fingerprint density at radius 1 is 1.38 bits per heavy atom. The van der Waals surface area contributed by atoms with Gasteiger partial charge in [-0.3, -0.25) is 4.79 Å². The Hall–Kier alpha value is -0.650. The maximum Gasteiger partial charge on any atom is 0.326 e. The Kier molecular flexibility index (Phi) is 6.45. The highest BCUT2D eigenvalue weighted by molar-refractivity contribution is 5.81. The van der Waals surface area contributed by atoms with Crippen LogP contribution in [-0.2, 0) is 19.0 Å². The molecule has 0 aromatic carbocycles. The molecule has 1 saturated heterocycles. The van der Waals surface area contributed by atoms with Crippen LogP contribution in [0.25, 0.3) is 0 Å². The minimum absolute atomic E-state index is 0.117. The van der Waals surface area contributed by atoms with Crippen molar-refractivity contribution >= 4 is 5.97 Å². The van der Waals surface area contributed by atoms with Gasteiger partial charge in [0.1, 0.15) is 5.54 Å². The first-order valence-corrected chi connectivity index (χ1v) is 8.31. The molecule has 0 radical (unpaired) electrons. The van der Waals surface area contributed by atoms with E-state index in [2.05, 4.69) is 12.2 Å². The normalized spacial score (nSPS) is 32.5. The monoisotopic (exact) mass is 299 g/mol. The van der Waals surface area contributed by atoms with E-state index in [9.17, 15) is 4.79 Å². The lowest BCUT2D eigenvalue weighted by atomic mass is 9.97. The smallest absolute Gasteiger partial charge is 0.326 e. The summed E-state index contributed by atoms with van der Waals surface area (Å²) in [5, 5.41) is 3.41. The van der Waals surface area contributed by atoms with Gasteiger partial charge in [-0.2, -0.15) is 0 Å². The summed E-state index contributed by atoms with van der Waals surface area (Å²) in [6.07, 6.45) is 4.69. The van der Waals surface area contributed by atoms with Crippen LogP contribution in [0.1, 0.15) is 46.0 Å². The van der Waals surface area contributed by atoms with E-state index in [0.29, 0.717) is 12.5 Å². The molecule has 1 aliphatic heterocycles. The molecule has 3 atom stereocenters. The maximum absolute atomic E-state index is 12.3. The first-order chi connectivity index (χ1) is 10.2. The second-order valence-corrected chi connectivity index (χ2v) is 6.16. The van der Waals surface area contributed by atoms with Gasteiger partial charge in [-0.15, -0.1) is 0 Å².